The molecule has 206 valence electrons. The van der Waals surface area contributed by atoms with Gasteiger partial charge in [-0.2, -0.15) is 0 Å². The minimum atomic E-state index is -0.544. The Labute approximate surface area is 232 Å². The van der Waals surface area contributed by atoms with E-state index in [-0.39, 0.29) is 0 Å². The zero-order valence-corrected chi connectivity index (χ0v) is 23.6. The Hall–Kier alpha value is -3.30. The first kappa shape index (κ1) is 27.3. The van der Waals surface area contributed by atoms with Gasteiger partial charge in [-0.15, -0.1) is 11.3 Å². The number of ether oxygens (including phenoxy) is 2. The summed E-state index contributed by atoms with van der Waals surface area (Å²) < 4.78 is 10.6. The topological polar surface area (TPSA) is 97.8 Å². The van der Waals surface area contributed by atoms with E-state index in [1.807, 2.05) is 24.3 Å². The van der Waals surface area contributed by atoms with Gasteiger partial charge in [0.05, 0.1) is 23.8 Å². The molecule has 0 saturated heterocycles. The molecule has 0 bridgehead atoms. The summed E-state index contributed by atoms with van der Waals surface area (Å²) in [7, 11) is 1.35. The lowest BCUT2D eigenvalue weighted by Gasteiger charge is -2.32. The van der Waals surface area contributed by atoms with Crippen molar-refractivity contribution >= 4 is 45.1 Å². The van der Waals surface area contributed by atoms with Crippen molar-refractivity contribution in [3.05, 3.63) is 57.1 Å². The minimum Gasteiger partial charge on any atom is -0.465 e. The van der Waals surface area contributed by atoms with E-state index in [4.69, 9.17) is 14.5 Å². The van der Waals surface area contributed by atoms with Crippen LogP contribution in [0, 0.1) is 0 Å². The van der Waals surface area contributed by atoms with E-state index in [2.05, 4.69) is 24.1 Å². The van der Waals surface area contributed by atoms with Crippen LogP contribution in [0.3, 0.4) is 0 Å². The van der Waals surface area contributed by atoms with Crippen molar-refractivity contribution < 1.29 is 23.9 Å². The second-order valence-corrected chi connectivity index (χ2v) is 11.6. The molecule has 0 spiro atoms. The lowest BCUT2D eigenvalue weighted by Crippen LogP contribution is -2.37. The number of carbonyl (C=O) groups excluding carboxylic acids is 3. The SMILES string of the molecule is COC(=O)c1c(NC(=O)COC(=O)c2c3c(nc4ccccc24)CCN(C(C)C)C3)sc2c1CCCCCC2. The first-order chi connectivity index (χ1) is 18.9. The predicted molar refractivity (Wildman–Crippen MR) is 151 cm³/mol. The maximum Gasteiger partial charge on any atom is 0.341 e. The highest BCUT2D eigenvalue weighted by atomic mass is 32.1. The molecule has 39 heavy (non-hydrogen) atoms. The van der Waals surface area contributed by atoms with Crippen LogP contribution in [-0.2, 0) is 40.1 Å². The van der Waals surface area contributed by atoms with Gasteiger partial charge in [0.15, 0.2) is 6.61 Å². The lowest BCUT2D eigenvalue weighted by molar-refractivity contribution is -0.119. The van der Waals surface area contributed by atoms with Gasteiger partial charge in [0.2, 0.25) is 0 Å². The van der Waals surface area contributed by atoms with Crippen LogP contribution in [0.25, 0.3) is 10.9 Å². The molecule has 1 aliphatic heterocycles. The van der Waals surface area contributed by atoms with Crippen LogP contribution in [0.15, 0.2) is 24.3 Å². The van der Waals surface area contributed by atoms with Gasteiger partial charge >= 0.3 is 11.9 Å². The van der Waals surface area contributed by atoms with Gasteiger partial charge in [-0.3, -0.25) is 14.7 Å². The zero-order chi connectivity index (χ0) is 27.5. The number of nitrogens with zero attached hydrogens (tertiary/aromatic N) is 2. The number of benzene rings is 1. The monoisotopic (exact) mass is 549 g/mol. The molecule has 1 aromatic carbocycles. The molecule has 2 aliphatic rings. The normalized spacial score (nSPS) is 15.7. The molecular formula is C30H35N3O5S. The molecule has 0 unspecified atom stereocenters. The van der Waals surface area contributed by atoms with Crippen LogP contribution >= 0.6 is 11.3 Å². The van der Waals surface area contributed by atoms with Crippen molar-refractivity contribution in [3.8, 4) is 0 Å². The number of anilines is 1. The van der Waals surface area contributed by atoms with Crippen LogP contribution in [0.2, 0.25) is 0 Å². The number of aryl methyl sites for hydroxylation is 1. The first-order valence-corrected chi connectivity index (χ1v) is 14.5. The number of amides is 1. The number of thiophene rings is 1. The maximum absolute atomic E-state index is 13.5. The second kappa shape index (κ2) is 11.8. The summed E-state index contributed by atoms with van der Waals surface area (Å²) in [5.74, 6) is -1.49. The summed E-state index contributed by atoms with van der Waals surface area (Å²) in [6.45, 7) is 5.29. The summed E-state index contributed by atoms with van der Waals surface area (Å²) >= 11 is 1.42. The van der Waals surface area contributed by atoms with Gasteiger partial charge in [0, 0.05) is 47.1 Å². The Morgan fingerprint density at radius 3 is 2.54 bits per heavy atom. The van der Waals surface area contributed by atoms with Gasteiger partial charge in [0.1, 0.15) is 5.00 Å². The number of esters is 2. The van der Waals surface area contributed by atoms with Gasteiger partial charge in [0.25, 0.3) is 5.91 Å². The molecule has 0 fully saturated rings. The Bertz CT molecular complexity index is 1410. The van der Waals surface area contributed by atoms with Crippen molar-refractivity contribution in [2.75, 3.05) is 25.6 Å². The Morgan fingerprint density at radius 1 is 1.00 bits per heavy atom. The average Bonchev–Trinajstić information content (AvgIpc) is 3.24. The maximum atomic E-state index is 13.5. The molecule has 1 amide bonds. The van der Waals surface area contributed by atoms with Crippen LogP contribution in [0.1, 0.15) is 81.9 Å². The summed E-state index contributed by atoms with van der Waals surface area (Å²) in [4.78, 5) is 47.4. The number of aromatic nitrogens is 1. The number of hydrogen-bond donors (Lipinski definition) is 1. The molecule has 0 radical (unpaired) electrons. The number of para-hydroxylation sites is 1. The molecule has 0 saturated carbocycles. The Kier molecular flexibility index (Phi) is 8.28. The quantitative estimate of drug-likeness (QED) is 0.417. The fraction of sp³-hybridized carbons (Fsp3) is 0.467. The molecule has 9 heteroatoms. The third-order valence-electron chi connectivity index (χ3n) is 7.66. The molecule has 1 N–H and O–H groups in total. The van der Waals surface area contributed by atoms with Crippen LogP contribution in [0.4, 0.5) is 5.00 Å². The molecule has 8 nitrogen and oxygen atoms in total. The number of carbonyl (C=O) groups is 3. The summed E-state index contributed by atoms with van der Waals surface area (Å²) in [5.41, 5.74) is 4.39. The van der Waals surface area contributed by atoms with Crippen molar-refractivity contribution in [3.63, 3.8) is 0 Å². The van der Waals surface area contributed by atoms with Gasteiger partial charge < -0.3 is 14.8 Å². The van der Waals surface area contributed by atoms with Crippen LogP contribution < -0.4 is 5.32 Å². The van der Waals surface area contributed by atoms with E-state index in [1.54, 1.807) is 0 Å². The standard InChI is InChI=1S/C30H35N3O5S/c1-18(2)33-15-14-23-21(16-33)26(19-10-8-9-12-22(19)31-23)30(36)38-17-25(34)32-28-27(29(35)37-3)20-11-6-4-5-7-13-24(20)39-28/h8-10,12,18H,4-7,11,13-17H2,1-3H3,(H,32,34). The molecular weight excluding hydrogens is 514 g/mol. The van der Waals surface area contributed by atoms with Crippen molar-refractivity contribution in [1.29, 1.82) is 0 Å². The van der Waals surface area contributed by atoms with E-state index in [9.17, 15) is 14.4 Å². The molecule has 1 aliphatic carbocycles. The van der Waals surface area contributed by atoms with Gasteiger partial charge in [-0.25, -0.2) is 9.59 Å². The van der Waals surface area contributed by atoms with E-state index in [0.29, 0.717) is 28.7 Å². The Morgan fingerprint density at radius 2 is 1.77 bits per heavy atom. The minimum absolute atomic E-state index is 0.327. The number of rotatable bonds is 6. The molecule has 2 aromatic heterocycles. The molecule has 5 rings (SSSR count). The van der Waals surface area contributed by atoms with Crippen LogP contribution in [0.5, 0.6) is 0 Å². The average molecular weight is 550 g/mol. The predicted octanol–water partition coefficient (Wildman–Crippen LogP) is 5.30. The Balaban J connectivity index is 1.37. The van der Waals surface area contributed by atoms with E-state index >= 15 is 0 Å². The number of methoxy groups -OCH3 is 1. The summed E-state index contributed by atoms with van der Waals surface area (Å²) in [5, 5.41) is 4.02. The number of pyridine rings is 1. The lowest BCUT2D eigenvalue weighted by atomic mass is 9.95. The molecule has 3 aromatic rings. The van der Waals surface area contributed by atoms with Gasteiger partial charge in [-0.05, 0) is 51.2 Å². The fourth-order valence-corrected chi connectivity index (χ4v) is 6.87. The highest BCUT2D eigenvalue weighted by Crippen LogP contribution is 2.37. The fourth-order valence-electron chi connectivity index (χ4n) is 5.58. The second-order valence-electron chi connectivity index (χ2n) is 10.5. The van der Waals surface area contributed by atoms with Crippen LogP contribution in [-0.4, -0.2) is 54.0 Å². The molecule has 0 atom stereocenters. The summed E-state index contributed by atoms with van der Waals surface area (Å²) in [6, 6.07) is 7.87. The van der Waals surface area contributed by atoms with Crippen molar-refractivity contribution in [2.45, 2.75) is 71.4 Å². The first-order valence-electron chi connectivity index (χ1n) is 13.7. The third-order valence-corrected chi connectivity index (χ3v) is 8.87. The number of hydrogen-bond acceptors (Lipinski definition) is 8. The van der Waals surface area contributed by atoms with Crippen molar-refractivity contribution in [1.82, 2.24) is 9.88 Å². The van der Waals surface area contributed by atoms with Gasteiger partial charge in [-0.1, -0.05) is 31.0 Å². The van der Waals surface area contributed by atoms with E-state index in [0.717, 1.165) is 84.1 Å². The van der Waals surface area contributed by atoms with E-state index in [1.165, 1.54) is 18.4 Å². The number of nitrogens with one attached hydrogen (secondary N) is 1. The number of fused-ring (bicyclic) bond motifs is 3. The van der Waals surface area contributed by atoms with Crippen molar-refractivity contribution in [2.24, 2.45) is 0 Å². The largest absolute Gasteiger partial charge is 0.465 e. The van der Waals surface area contributed by atoms with E-state index < -0.39 is 24.5 Å². The highest BCUT2D eigenvalue weighted by molar-refractivity contribution is 7.17. The smallest absolute Gasteiger partial charge is 0.341 e. The zero-order valence-electron chi connectivity index (χ0n) is 22.8. The summed E-state index contributed by atoms with van der Waals surface area (Å²) in [6.07, 6.45) is 6.74. The molecule has 3 heterocycles. The third kappa shape index (κ3) is 5.70. The highest BCUT2D eigenvalue weighted by Gasteiger charge is 2.29.